The maximum atomic E-state index is 12.9. The molecule has 0 heterocycles. The van der Waals surface area contributed by atoms with E-state index >= 15 is 0 Å². The lowest BCUT2D eigenvalue weighted by Gasteiger charge is -2.18. The standard InChI is InChI=1S/C60H116O6/c1-5-7-9-11-13-15-17-19-21-22-23-24-28-33-37-41-45-49-53-60(63)66-57(54-64-58(61)51-47-43-39-35-31-27-20-18-16-14-12-10-8-6-2)55-65-59(62)52-48-44-40-36-32-29-25-26-30-34-38-42-46-50-56(3)4/h56-57H,5-55H2,1-4H3/t57-/m1/s1. The van der Waals surface area contributed by atoms with Crippen LogP contribution < -0.4 is 0 Å². The maximum Gasteiger partial charge on any atom is 0.306 e. The lowest BCUT2D eigenvalue weighted by Crippen LogP contribution is -2.30. The van der Waals surface area contributed by atoms with Gasteiger partial charge in [0.1, 0.15) is 13.2 Å². The van der Waals surface area contributed by atoms with Gasteiger partial charge in [0.15, 0.2) is 6.10 Å². The molecule has 0 N–H and O–H groups in total. The van der Waals surface area contributed by atoms with E-state index in [0.717, 1.165) is 63.7 Å². The average molecular weight is 934 g/mol. The monoisotopic (exact) mass is 933 g/mol. The first-order chi connectivity index (χ1) is 32.4. The second-order valence-electron chi connectivity index (χ2n) is 21.1. The van der Waals surface area contributed by atoms with Gasteiger partial charge in [0.25, 0.3) is 0 Å². The third-order valence-electron chi connectivity index (χ3n) is 13.8. The first-order valence-electron chi connectivity index (χ1n) is 29.9. The van der Waals surface area contributed by atoms with Crippen molar-refractivity contribution in [3.8, 4) is 0 Å². The highest BCUT2D eigenvalue weighted by molar-refractivity contribution is 5.71. The molecular formula is C60H116O6. The molecular weight excluding hydrogens is 817 g/mol. The van der Waals surface area contributed by atoms with E-state index in [-0.39, 0.29) is 31.1 Å². The zero-order valence-corrected chi connectivity index (χ0v) is 45.2. The van der Waals surface area contributed by atoms with E-state index < -0.39 is 6.10 Å². The zero-order chi connectivity index (χ0) is 48.1. The number of hydrogen-bond acceptors (Lipinski definition) is 6. The molecule has 0 aromatic heterocycles. The summed E-state index contributed by atoms with van der Waals surface area (Å²) in [7, 11) is 0. The SMILES string of the molecule is CCCCCCCCCCCCCCCCCCCCC(=O)O[C@H](COC(=O)CCCCCCCCCCCCCCCC)COC(=O)CCCCCCCCCCCCCCCC(C)C. The van der Waals surface area contributed by atoms with Gasteiger partial charge in [0, 0.05) is 19.3 Å². The van der Waals surface area contributed by atoms with Gasteiger partial charge in [-0.15, -0.1) is 0 Å². The van der Waals surface area contributed by atoms with Gasteiger partial charge in [0.2, 0.25) is 0 Å². The van der Waals surface area contributed by atoms with Crippen molar-refractivity contribution in [2.45, 2.75) is 348 Å². The molecule has 0 aliphatic heterocycles. The molecule has 6 heteroatoms. The Labute approximate surface area is 412 Å². The fourth-order valence-corrected chi connectivity index (χ4v) is 9.28. The first kappa shape index (κ1) is 64.4. The van der Waals surface area contributed by atoms with Gasteiger partial charge in [-0.05, 0) is 25.2 Å². The molecule has 0 unspecified atom stereocenters. The summed E-state index contributed by atoms with van der Waals surface area (Å²) >= 11 is 0. The third kappa shape index (κ3) is 53.4. The molecule has 0 saturated heterocycles. The van der Waals surface area contributed by atoms with Crippen molar-refractivity contribution in [2.24, 2.45) is 5.92 Å². The summed E-state index contributed by atoms with van der Waals surface area (Å²) in [5.74, 6) is 0.00718. The number of carbonyl (C=O) groups excluding carboxylic acids is 3. The van der Waals surface area contributed by atoms with E-state index in [2.05, 4.69) is 27.7 Å². The van der Waals surface area contributed by atoms with Crippen LogP contribution in [0.5, 0.6) is 0 Å². The van der Waals surface area contributed by atoms with Crippen LogP contribution in [0.1, 0.15) is 342 Å². The lowest BCUT2D eigenvalue weighted by atomic mass is 10.0. The quantitative estimate of drug-likeness (QED) is 0.0343. The van der Waals surface area contributed by atoms with Crippen molar-refractivity contribution in [3.05, 3.63) is 0 Å². The fourth-order valence-electron chi connectivity index (χ4n) is 9.28. The number of carbonyl (C=O) groups is 3. The molecule has 66 heavy (non-hydrogen) atoms. The molecule has 0 rings (SSSR count). The topological polar surface area (TPSA) is 78.9 Å². The average Bonchev–Trinajstić information content (AvgIpc) is 3.30. The minimum atomic E-state index is -0.762. The van der Waals surface area contributed by atoms with Crippen molar-refractivity contribution in [3.63, 3.8) is 0 Å². The number of ether oxygens (including phenoxy) is 3. The van der Waals surface area contributed by atoms with E-state index in [0.29, 0.717) is 19.3 Å². The Morgan fingerprint density at radius 3 is 0.742 bits per heavy atom. The normalized spacial score (nSPS) is 12.0. The Morgan fingerprint density at radius 2 is 0.500 bits per heavy atom. The lowest BCUT2D eigenvalue weighted by molar-refractivity contribution is -0.167. The van der Waals surface area contributed by atoms with E-state index in [1.54, 1.807) is 0 Å². The van der Waals surface area contributed by atoms with Gasteiger partial charge in [0.05, 0.1) is 0 Å². The largest absolute Gasteiger partial charge is 0.462 e. The molecule has 0 spiro atoms. The highest BCUT2D eigenvalue weighted by atomic mass is 16.6. The molecule has 0 aliphatic carbocycles. The van der Waals surface area contributed by atoms with E-state index in [4.69, 9.17) is 14.2 Å². The van der Waals surface area contributed by atoms with Crippen LogP contribution in [0.25, 0.3) is 0 Å². The minimum Gasteiger partial charge on any atom is -0.462 e. The molecule has 0 amide bonds. The van der Waals surface area contributed by atoms with Gasteiger partial charge in [-0.25, -0.2) is 0 Å². The van der Waals surface area contributed by atoms with Crippen LogP contribution in [0.15, 0.2) is 0 Å². The van der Waals surface area contributed by atoms with Crippen molar-refractivity contribution >= 4 is 17.9 Å². The second-order valence-corrected chi connectivity index (χ2v) is 21.1. The molecule has 0 saturated carbocycles. The molecule has 0 bridgehead atoms. The van der Waals surface area contributed by atoms with Crippen molar-refractivity contribution < 1.29 is 28.6 Å². The molecule has 0 radical (unpaired) electrons. The smallest absolute Gasteiger partial charge is 0.306 e. The van der Waals surface area contributed by atoms with Gasteiger partial charge < -0.3 is 14.2 Å². The zero-order valence-electron chi connectivity index (χ0n) is 45.2. The van der Waals surface area contributed by atoms with Crippen LogP contribution in [-0.4, -0.2) is 37.2 Å². The summed E-state index contributed by atoms with van der Waals surface area (Å²) in [6, 6.07) is 0. The van der Waals surface area contributed by atoms with Crippen LogP contribution in [0.3, 0.4) is 0 Å². The number of rotatable bonds is 55. The van der Waals surface area contributed by atoms with E-state index in [1.807, 2.05) is 0 Å². The number of esters is 3. The maximum absolute atomic E-state index is 12.9. The molecule has 1 atom stereocenters. The molecule has 0 aromatic rings. The van der Waals surface area contributed by atoms with E-state index in [1.165, 1.54) is 238 Å². The van der Waals surface area contributed by atoms with Gasteiger partial charge in [-0.1, -0.05) is 304 Å². The summed E-state index contributed by atoms with van der Waals surface area (Å²) in [6.45, 7) is 9.07. The Balaban J connectivity index is 4.29. The minimum absolute atomic E-state index is 0.0616. The Kier molecular flexibility index (Phi) is 53.0. The Hall–Kier alpha value is -1.59. The predicted molar refractivity (Wildman–Crippen MR) is 284 cm³/mol. The third-order valence-corrected chi connectivity index (χ3v) is 13.8. The molecule has 0 aliphatic rings. The van der Waals surface area contributed by atoms with Gasteiger partial charge >= 0.3 is 17.9 Å². The first-order valence-corrected chi connectivity index (χ1v) is 29.9. The molecule has 0 aromatic carbocycles. The summed E-state index contributed by atoms with van der Waals surface area (Å²) in [5.41, 5.74) is 0. The van der Waals surface area contributed by atoms with Crippen molar-refractivity contribution in [1.82, 2.24) is 0 Å². The Bertz CT molecular complexity index is 996. The van der Waals surface area contributed by atoms with Crippen molar-refractivity contribution in [1.29, 1.82) is 0 Å². The second kappa shape index (κ2) is 54.4. The summed E-state index contributed by atoms with van der Waals surface area (Å²) in [6.07, 6.45) is 59.5. The highest BCUT2D eigenvalue weighted by Crippen LogP contribution is 2.18. The van der Waals surface area contributed by atoms with Crippen LogP contribution >= 0.6 is 0 Å². The van der Waals surface area contributed by atoms with Crippen LogP contribution in [0.2, 0.25) is 0 Å². The fraction of sp³-hybridized carbons (Fsp3) is 0.950. The predicted octanol–water partition coefficient (Wildman–Crippen LogP) is 19.8. The Morgan fingerprint density at radius 1 is 0.288 bits per heavy atom. The number of unbranched alkanes of at least 4 members (excludes halogenated alkanes) is 42. The molecule has 0 fully saturated rings. The van der Waals surface area contributed by atoms with E-state index in [9.17, 15) is 14.4 Å². The molecule has 6 nitrogen and oxygen atoms in total. The summed E-state index contributed by atoms with van der Waals surface area (Å²) in [5, 5.41) is 0. The highest BCUT2D eigenvalue weighted by Gasteiger charge is 2.19. The van der Waals surface area contributed by atoms with Crippen LogP contribution in [0.4, 0.5) is 0 Å². The van der Waals surface area contributed by atoms with Crippen molar-refractivity contribution in [2.75, 3.05) is 13.2 Å². The van der Waals surface area contributed by atoms with Crippen LogP contribution in [0, 0.1) is 5.92 Å². The summed E-state index contributed by atoms with van der Waals surface area (Å²) < 4.78 is 16.9. The van der Waals surface area contributed by atoms with Gasteiger partial charge in [-0.3, -0.25) is 14.4 Å². The van der Waals surface area contributed by atoms with Crippen LogP contribution in [-0.2, 0) is 28.6 Å². The molecule has 392 valence electrons. The van der Waals surface area contributed by atoms with Gasteiger partial charge in [-0.2, -0.15) is 0 Å². The number of hydrogen-bond donors (Lipinski definition) is 0. The summed E-state index contributed by atoms with van der Waals surface area (Å²) in [4.78, 5) is 38.2.